The highest BCUT2D eigenvalue weighted by atomic mass is 16.2. The van der Waals surface area contributed by atoms with Crippen molar-refractivity contribution in [3.63, 3.8) is 0 Å². The summed E-state index contributed by atoms with van der Waals surface area (Å²) < 4.78 is 1.52. The number of nitrogens with zero attached hydrogens (tertiary/aromatic N) is 6. The summed E-state index contributed by atoms with van der Waals surface area (Å²) in [5, 5.41) is 3.23. The molecule has 4 rings (SSSR count). The molecule has 30 heavy (non-hydrogen) atoms. The molecule has 158 valence electrons. The highest BCUT2D eigenvalue weighted by Gasteiger charge is 2.27. The summed E-state index contributed by atoms with van der Waals surface area (Å²) in [5.41, 5.74) is 3.49. The van der Waals surface area contributed by atoms with Crippen molar-refractivity contribution in [1.29, 1.82) is 0 Å². The lowest BCUT2D eigenvalue weighted by Gasteiger charge is -2.32. The van der Waals surface area contributed by atoms with Crippen molar-refractivity contribution in [2.75, 3.05) is 32.1 Å². The third-order valence-electron chi connectivity index (χ3n) is 5.72. The fourth-order valence-electron chi connectivity index (χ4n) is 4.07. The van der Waals surface area contributed by atoms with Gasteiger partial charge in [-0.05, 0) is 26.2 Å². The number of rotatable bonds is 4. The summed E-state index contributed by atoms with van der Waals surface area (Å²) in [4.78, 5) is 42.4. The number of H-pyrrole nitrogens is 1. The van der Waals surface area contributed by atoms with Crippen molar-refractivity contribution in [2.45, 2.75) is 39.0 Å². The van der Waals surface area contributed by atoms with Crippen LogP contribution in [0.15, 0.2) is 23.3 Å². The Bertz CT molecular complexity index is 1130. The minimum atomic E-state index is -0.0690. The Morgan fingerprint density at radius 3 is 2.70 bits per heavy atom. The van der Waals surface area contributed by atoms with E-state index in [0.29, 0.717) is 36.7 Å². The molecule has 1 amide bonds. The maximum atomic E-state index is 13.0. The van der Waals surface area contributed by atoms with Crippen LogP contribution in [-0.2, 0) is 6.42 Å². The number of fused-ring (bicyclic) bond motifs is 1. The average molecular weight is 409 g/mol. The van der Waals surface area contributed by atoms with Gasteiger partial charge in [0.05, 0.1) is 5.56 Å². The molecule has 1 aliphatic rings. The molecule has 1 saturated heterocycles. The van der Waals surface area contributed by atoms with Crippen molar-refractivity contribution in [3.8, 4) is 0 Å². The molecule has 3 aromatic rings. The fourth-order valence-corrected chi connectivity index (χ4v) is 4.07. The van der Waals surface area contributed by atoms with E-state index in [0.717, 1.165) is 29.8 Å². The highest BCUT2D eigenvalue weighted by Crippen LogP contribution is 2.27. The van der Waals surface area contributed by atoms with Gasteiger partial charge in [-0.3, -0.25) is 14.7 Å². The van der Waals surface area contributed by atoms with E-state index in [1.54, 1.807) is 17.3 Å². The number of anilines is 1. The SMILES string of the molecule is CCc1c(C)nc2cc([C@H]3CCCN(C(=O)c4cnc(N(C)C)nc4)C3)[nH]n2c1=O. The molecule has 0 spiro atoms. The van der Waals surface area contributed by atoms with E-state index >= 15 is 0 Å². The van der Waals surface area contributed by atoms with E-state index in [9.17, 15) is 9.59 Å². The van der Waals surface area contributed by atoms with E-state index in [2.05, 4.69) is 20.1 Å². The molecule has 1 aliphatic heterocycles. The van der Waals surface area contributed by atoms with Gasteiger partial charge in [0.2, 0.25) is 5.95 Å². The number of aromatic amines is 1. The van der Waals surface area contributed by atoms with Crippen LogP contribution in [0.1, 0.15) is 53.0 Å². The Morgan fingerprint density at radius 1 is 1.30 bits per heavy atom. The Balaban J connectivity index is 1.57. The third-order valence-corrected chi connectivity index (χ3v) is 5.72. The average Bonchev–Trinajstić information content (AvgIpc) is 3.18. The second-order valence-electron chi connectivity index (χ2n) is 8.00. The van der Waals surface area contributed by atoms with Crippen LogP contribution in [-0.4, -0.2) is 62.6 Å². The molecule has 1 fully saturated rings. The number of piperidine rings is 1. The monoisotopic (exact) mass is 409 g/mol. The first kappa shape index (κ1) is 20.1. The molecule has 1 N–H and O–H groups in total. The summed E-state index contributed by atoms with van der Waals surface area (Å²) in [5.74, 6) is 0.623. The van der Waals surface area contributed by atoms with Gasteiger partial charge in [0.1, 0.15) is 0 Å². The fraction of sp³-hybridized carbons (Fsp3) is 0.476. The maximum Gasteiger partial charge on any atom is 0.276 e. The van der Waals surface area contributed by atoms with Crippen molar-refractivity contribution in [1.82, 2.24) is 29.5 Å². The summed E-state index contributed by atoms with van der Waals surface area (Å²) in [6, 6.07) is 1.93. The van der Waals surface area contributed by atoms with Gasteiger partial charge in [0.25, 0.3) is 11.5 Å². The van der Waals surface area contributed by atoms with Gasteiger partial charge in [-0.2, -0.15) is 0 Å². The van der Waals surface area contributed by atoms with E-state index in [-0.39, 0.29) is 17.4 Å². The van der Waals surface area contributed by atoms with Crippen molar-refractivity contribution in [2.24, 2.45) is 0 Å². The number of hydrogen-bond donors (Lipinski definition) is 1. The third kappa shape index (κ3) is 3.55. The summed E-state index contributed by atoms with van der Waals surface area (Å²) in [6.07, 6.45) is 5.64. The molecular weight excluding hydrogens is 382 g/mol. The lowest BCUT2D eigenvalue weighted by Crippen LogP contribution is -2.39. The first-order valence-electron chi connectivity index (χ1n) is 10.3. The predicted octanol–water partition coefficient (Wildman–Crippen LogP) is 1.77. The van der Waals surface area contributed by atoms with Gasteiger partial charge in [-0.15, -0.1) is 0 Å². The lowest BCUT2D eigenvalue weighted by molar-refractivity contribution is 0.0705. The van der Waals surface area contributed by atoms with Crippen molar-refractivity contribution in [3.05, 3.63) is 51.3 Å². The second-order valence-corrected chi connectivity index (χ2v) is 8.00. The molecule has 9 nitrogen and oxygen atoms in total. The standard InChI is InChI=1S/C21H27N7O2/c1-5-16-13(2)24-18-9-17(25-28(18)20(16)30)14-7-6-8-27(12-14)19(29)15-10-22-21(23-11-15)26(3)4/h9-11,14,25H,5-8,12H2,1-4H3/t14-/m0/s1. The maximum absolute atomic E-state index is 13.0. The zero-order chi connectivity index (χ0) is 21.4. The van der Waals surface area contributed by atoms with Gasteiger partial charge in [0.15, 0.2) is 5.65 Å². The molecule has 0 radical (unpaired) electrons. The zero-order valence-electron chi connectivity index (χ0n) is 17.8. The first-order chi connectivity index (χ1) is 14.4. The Morgan fingerprint density at radius 2 is 2.03 bits per heavy atom. The second kappa shape index (κ2) is 7.89. The number of aryl methyl sites for hydroxylation is 1. The van der Waals surface area contributed by atoms with Crippen LogP contribution in [0.5, 0.6) is 0 Å². The van der Waals surface area contributed by atoms with Gasteiger partial charge < -0.3 is 9.80 Å². The number of aromatic nitrogens is 5. The van der Waals surface area contributed by atoms with E-state index in [1.165, 1.54) is 4.52 Å². The molecule has 3 aromatic heterocycles. The molecule has 0 unspecified atom stereocenters. The summed E-state index contributed by atoms with van der Waals surface area (Å²) >= 11 is 0. The minimum Gasteiger partial charge on any atom is -0.347 e. The Labute approximate surface area is 174 Å². The van der Waals surface area contributed by atoms with E-state index in [1.807, 2.05) is 38.9 Å². The molecule has 0 aromatic carbocycles. The Kier molecular flexibility index (Phi) is 5.27. The molecular formula is C21H27N7O2. The smallest absolute Gasteiger partial charge is 0.276 e. The molecule has 4 heterocycles. The quantitative estimate of drug-likeness (QED) is 0.705. The number of nitrogens with one attached hydrogen (secondary N) is 1. The van der Waals surface area contributed by atoms with Gasteiger partial charge in [-0.1, -0.05) is 6.92 Å². The van der Waals surface area contributed by atoms with Gasteiger partial charge >= 0.3 is 0 Å². The van der Waals surface area contributed by atoms with Crippen LogP contribution in [0.25, 0.3) is 5.65 Å². The predicted molar refractivity (Wildman–Crippen MR) is 114 cm³/mol. The van der Waals surface area contributed by atoms with Gasteiger partial charge in [-0.25, -0.2) is 19.5 Å². The molecule has 0 saturated carbocycles. The first-order valence-corrected chi connectivity index (χ1v) is 10.3. The van der Waals surface area contributed by atoms with E-state index in [4.69, 9.17) is 0 Å². The van der Waals surface area contributed by atoms with Crippen LogP contribution in [0.3, 0.4) is 0 Å². The highest BCUT2D eigenvalue weighted by molar-refractivity contribution is 5.93. The van der Waals surface area contributed by atoms with Crippen molar-refractivity contribution < 1.29 is 4.79 Å². The zero-order valence-corrected chi connectivity index (χ0v) is 17.8. The topological polar surface area (TPSA) is 99.5 Å². The van der Waals surface area contributed by atoms with Crippen molar-refractivity contribution >= 4 is 17.5 Å². The van der Waals surface area contributed by atoms with Crippen LogP contribution in [0.2, 0.25) is 0 Å². The molecule has 0 bridgehead atoms. The number of carbonyl (C=O) groups is 1. The minimum absolute atomic E-state index is 0.0480. The van der Waals surface area contributed by atoms with Gasteiger partial charge in [0, 0.05) is 68.5 Å². The summed E-state index contributed by atoms with van der Waals surface area (Å²) in [6.45, 7) is 5.11. The Hall–Kier alpha value is -3.23. The number of likely N-dealkylation sites (tertiary alicyclic amines) is 1. The number of amides is 1. The molecule has 0 aliphatic carbocycles. The normalized spacial score (nSPS) is 16.8. The lowest BCUT2D eigenvalue weighted by atomic mass is 9.94. The van der Waals surface area contributed by atoms with Crippen LogP contribution >= 0.6 is 0 Å². The number of hydrogen-bond acceptors (Lipinski definition) is 6. The molecule has 1 atom stereocenters. The van der Waals surface area contributed by atoms with Crippen LogP contribution < -0.4 is 10.5 Å². The van der Waals surface area contributed by atoms with E-state index < -0.39 is 0 Å². The number of carbonyl (C=O) groups excluding carboxylic acids is 1. The van der Waals surface area contributed by atoms with Crippen LogP contribution in [0, 0.1) is 6.92 Å². The molecule has 9 heteroatoms. The van der Waals surface area contributed by atoms with Crippen LogP contribution in [0.4, 0.5) is 5.95 Å². The largest absolute Gasteiger partial charge is 0.347 e. The summed E-state index contributed by atoms with van der Waals surface area (Å²) in [7, 11) is 3.72.